The molecule has 0 aromatic heterocycles. The minimum Gasteiger partial charge on any atom is -0.459 e. The molecule has 0 aromatic carbocycles. The van der Waals surface area contributed by atoms with Gasteiger partial charge in [-0.05, 0) is 32.6 Å². The van der Waals surface area contributed by atoms with E-state index in [0.717, 1.165) is 12.1 Å². The molecule has 0 bridgehead atoms. The first-order chi connectivity index (χ1) is 8.80. The highest BCUT2D eigenvalue weighted by molar-refractivity contribution is 8.02. The first kappa shape index (κ1) is 15.9. The van der Waals surface area contributed by atoms with Crippen LogP contribution in [0, 0.1) is 0 Å². The second kappa shape index (κ2) is 6.84. The van der Waals surface area contributed by atoms with E-state index in [2.05, 4.69) is 17.6 Å². The lowest BCUT2D eigenvalue weighted by Gasteiger charge is -2.19. The summed E-state index contributed by atoms with van der Waals surface area (Å²) in [5.74, 6) is -0.600. The molecule has 2 N–H and O–H groups in total. The van der Waals surface area contributed by atoms with Crippen LogP contribution in [0.1, 0.15) is 40.5 Å². The Kier molecular flexibility index (Phi) is 5.72. The van der Waals surface area contributed by atoms with Gasteiger partial charge in [0.1, 0.15) is 12.1 Å². The van der Waals surface area contributed by atoms with Gasteiger partial charge in [-0.15, -0.1) is 11.8 Å². The van der Waals surface area contributed by atoms with E-state index < -0.39 is 11.6 Å². The Labute approximate surface area is 118 Å². The summed E-state index contributed by atoms with van der Waals surface area (Å²) in [6, 6.07) is 0. The van der Waals surface area contributed by atoms with E-state index in [9.17, 15) is 9.59 Å². The van der Waals surface area contributed by atoms with Crippen LogP contribution in [0.25, 0.3) is 0 Å². The lowest BCUT2D eigenvalue weighted by molar-refractivity contribution is -0.154. The monoisotopic (exact) mass is 286 g/mol. The third-order valence-corrected chi connectivity index (χ3v) is 3.49. The molecule has 0 aromatic rings. The molecular formula is C13H22N2O3S. The number of carbonyl (C=O) groups is 2. The molecule has 1 unspecified atom stereocenters. The molecule has 5 nitrogen and oxygen atoms in total. The van der Waals surface area contributed by atoms with E-state index in [1.807, 2.05) is 5.41 Å². The number of nitrogens with one attached hydrogen (secondary N) is 2. The molecule has 1 aliphatic rings. The van der Waals surface area contributed by atoms with Gasteiger partial charge in [0.05, 0.1) is 11.8 Å². The number of esters is 1. The van der Waals surface area contributed by atoms with Crippen molar-refractivity contribution in [1.82, 2.24) is 10.6 Å². The summed E-state index contributed by atoms with van der Waals surface area (Å²) in [7, 11) is 0. The maximum atomic E-state index is 11.7. The molecular weight excluding hydrogens is 264 g/mol. The molecule has 19 heavy (non-hydrogen) atoms. The largest absolute Gasteiger partial charge is 0.459 e. The van der Waals surface area contributed by atoms with Gasteiger partial charge in [0.15, 0.2) is 0 Å². The summed E-state index contributed by atoms with van der Waals surface area (Å²) < 4.78 is 5.10. The van der Waals surface area contributed by atoms with Crippen molar-refractivity contribution in [2.75, 3.05) is 6.54 Å². The fourth-order valence-electron chi connectivity index (χ4n) is 1.51. The highest BCUT2D eigenvalue weighted by Crippen LogP contribution is 2.24. The van der Waals surface area contributed by atoms with Gasteiger partial charge < -0.3 is 15.4 Å². The fourth-order valence-corrected chi connectivity index (χ4v) is 2.41. The SMILES string of the molecule is CCC1NC(CC(=O)NCC(=O)OC(C)(C)C)=CS1. The first-order valence-electron chi connectivity index (χ1n) is 6.39. The minimum absolute atomic E-state index is 0.0896. The number of hydrogen-bond donors (Lipinski definition) is 2. The number of hydrogen-bond acceptors (Lipinski definition) is 5. The average Bonchev–Trinajstić information content (AvgIpc) is 2.72. The number of rotatable bonds is 5. The van der Waals surface area contributed by atoms with Crippen LogP contribution >= 0.6 is 11.8 Å². The Hall–Kier alpha value is -1.17. The van der Waals surface area contributed by atoms with E-state index in [4.69, 9.17) is 4.74 Å². The predicted octanol–water partition coefficient (Wildman–Crippen LogP) is 1.75. The van der Waals surface area contributed by atoms with Crippen LogP contribution in [0.5, 0.6) is 0 Å². The van der Waals surface area contributed by atoms with Crippen molar-refractivity contribution < 1.29 is 14.3 Å². The summed E-state index contributed by atoms with van der Waals surface area (Å²) in [4.78, 5) is 23.1. The summed E-state index contributed by atoms with van der Waals surface area (Å²) in [5, 5.41) is 8.12. The maximum absolute atomic E-state index is 11.7. The standard InChI is InChI=1S/C13H22N2O3S/c1-5-11-15-9(8-19-11)6-10(16)14-7-12(17)18-13(2,3)4/h8,11,15H,5-7H2,1-4H3,(H,14,16). The van der Waals surface area contributed by atoms with Gasteiger partial charge in [-0.1, -0.05) is 6.92 Å². The molecule has 1 rings (SSSR count). The Bertz CT molecular complexity index is 375. The third-order valence-electron chi connectivity index (χ3n) is 2.29. The maximum Gasteiger partial charge on any atom is 0.325 e. The second-order valence-corrected chi connectivity index (χ2v) is 6.44. The summed E-state index contributed by atoms with van der Waals surface area (Å²) in [6.45, 7) is 7.38. The van der Waals surface area contributed by atoms with E-state index in [1.165, 1.54) is 0 Å². The van der Waals surface area contributed by atoms with Gasteiger partial charge in [0.2, 0.25) is 5.91 Å². The molecule has 0 saturated carbocycles. The molecule has 6 heteroatoms. The quantitative estimate of drug-likeness (QED) is 0.754. The Balaban J connectivity index is 2.24. The zero-order valence-corrected chi connectivity index (χ0v) is 12.7. The van der Waals surface area contributed by atoms with E-state index >= 15 is 0 Å². The Morgan fingerprint density at radius 1 is 1.47 bits per heavy atom. The van der Waals surface area contributed by atoms with Crippen LogP contribution < -0.4 is 10.6 Å². The van der Waals surface area contributed by atoms with Gasteiger partial charge in [-0.25, -0.2) is 0 Å². The second-order valence-electron chi connectivity index (χ2n) is 5.36. The summed E-state index contributed by atoms with van der Waals surface area (Å²) in [5.41, 5.74) is 0.376. The van der Waals surface area contributed by atoms with Crippen LogP contribution in [0.4, 0.5) is 0 Å². The Morgan fingerprint density at radius 3 is 2.68 bits per heavy atom. The van der Waals surface area contributed by atoms with E-state index in [1.54, 1.807) is 32.5 Å². The van der Waals surface area contributed by atoms with E-state index in [-0.39, 0.29) is 18.9 Å². The molecule has 0 spiro atoms. The third kappa shape index (κ3) is 6.52. The number of carbonyl (C=O) groups excluding carboxylic acids is 2. The molecule has 1 amide bonds. The molecule has 0 fully saturated rings. The van der Waals surface area contributed by atoms with Crippen molar-refractivity contribution >= 4 is 23.6 Å². The van der Waals surface area contributed by atoms with Crippen molar-refractivity contribution in [3.63, 3.8) is 0 Å². The lowest BCUT2D eigenvalue weighted by Crippen LogP contribution is -2.35. The van der Waals surface area contributed by atoms with Crippen LogP contribution in [-0.4, -0.2) is 29.4 Å². The van der Waals surface area contributed by atoms with Gasteiger partial charge in [0.25, 0.3) is 0 Å². The van der Waals surface area contributed by atoms with Crippen LogP contribution in [-0.2, 0) is 14.3 Å². The van der Waals surface area contributed by atoms with Crippen LogP contribution in [0.2, 0.25) is 0 Å². The number of ether oxygens (including phenoxy) is 1. The van der Waals surface area contributed by atoms with Gasteiger partial charge in [0, 0.05) is 5.70 Å². The zero-order valence-electron chi connectivity index (χ0n) is 11.9. The van der Waals surface area contributed by atoms with Crippen molar-refractivity contribution in [3.05, 3.63) is 11.1 Å². The molecule has 0 saturated heterocycles. The molecule has 0 aliphatic carbocycles. The van der Waals surface area contributed by atoms with Gasteiger partial charge in [-0.3, -0.25) is 9.59 Å². The zero-order chi connectivity index (χ0) is 14.5. The molecule has 108 valence electrons. The number of amides is 1. The number of thioether (sulfide) groups is 1. The summed E-state index contributed by atoms with van der Waals surface area (Å²) >= 11 is 1.68. The van der Waals surface area contributed by atoms with Crippen LogP contribution in [0.3, 0.4) is 0 Å². The van der Waals surface area contributed by atoms with Crippen molar-refractivity contribution in [3.8, 4) is 0 Å². The normalized spacial score (nSPS) is 18.5. The van der Waals surface area contributed by atoms with Crippen molar-refractivity contribution in [2.45, 2.75) is 51.5 Å². The molecule has 1 aliphatic heterocycles. The molecule has 1 heterocycles. The van der Waals surface area contributed by atoms with Gasteiger partial charge >= 0.3 is 5.97 Å². The lowest BCUT2D eigenvalue weighted by atomic mass is 10.2. The first-order valence-corrected chi connectivity index (χ1v) is 7.34. The van der Waals surface area contributed by atoms with Crippen molar-refractivity contribution in [2.24, 2.45) is 0 Å². The topological polar surface area (TPSA) is 67.4 Å². The fraction of sp³-hybridized carbons (Fsp3) is 0.692. The van der Waals surface area contributed by atoms with E-state index in [0.29, 0.717) is 5.37 Å². The molecule has 1 atom stereocenters. The summed E-state index contributed by atoms with van der Waals surface area (Å²) in [6.07, 6.45) is 1.27. The predicted molar refractivity (Wildman–Crippen MR) is 76.4 cm³/mol. The molecule has 0 radical (unpaired) electrons. The highest BCUT2D eigenvalue weighted by Gasteiger charge is 2.19. The minimum atomic E-state index is -0.525. The Morgan fingerprint density at radius 2 is 2.16 bits per heavy atom. The highest BCUT2D eigenvalue weighted by atomic mass is 32.2. The van der Waals surface area contributed by atoms with Gasteiger partial charge in [-0.2, -0.15) is 0 Å². The smallest absolute Gasteiger partial charge is 0.325 e. The van der Waals surface area contributed by atoms with Crippen molar-refractivity contribution in [1.29, 1.82) is 0 Å². The average molecular weight is 286 g/mol. The van der Waals surface area contributed by atoms with Crippen LogP contribution in [0.15, 0.2) is 11.1 Å².